The zero-order chi connectivity index (χ0) is 14.2. The van der Waals surface area contributed by atoms with E-state index < -0.39 is 0 Å². The van der Waals surface area contributed by atoms with Crippen LogP contribution in [-0.4, -0.2) is 6.16 Å². The van der Waals surface area contributed by atoms with Gasteiger partial charge < -0.3 is 24.8 Å². The number of halogens is 2. The predicted octanol–water partition coefficient (Wildman–Crippen LogP) is -1.11. The molecule has 0 nitrogen and oxygen atoms in total. The SMILES string of the molecule is CCP(c1cc2ccccc2[cH-]1)c1cc2ccccc2[cH-]1.[Cl-].[Cl-].[Ti+4]. The Morgan fingerprint density at radius 3 is 1.54 bits per heavy atom. The van der Waals surface area contributed by atoms with Gasteiger partial charge in [-0.2, -0.15) is 12.1 Å². The molecule has 0 heterocycles. The molecule has 0 N–H and O–H groups in total. The van der Waals surface area contributed by atoms with E-state index in [0.29, 0.717) is 0 Å². The summed E-state index contributed by atoms with van der Waals surface area (Å²) < 4.78 is 0. The number of hydrogen-bond donors (Lipinski definition) is 0. The Kier molecular flexibility index (Phi) is 8.20. The summed E-state index contributed by atoms with van der Waals surface area (Å²) in [7, 11) is -0.242. The number of fused-ring (bicyclic) bond motifs is 2. The molecule has 0 radical (unpaired) electrons. The quantitative estimate of drug-likeness (QED) is 0.230. The molecule has 0 aromatic heterocycles. The fraction of sp³-hybridized carbons (Fsp3) is 0.100. The first kappa shape index (κ1) is 21.4. The molecule has 0 atom stereocenters. The number of rotatable bonds is 3. The van der Waals surface area contributed by atoms with Crippen molar-refractivity contribution in [3.05, 3.63) is 72.8 Å². The Hall–Kier alpha value is -0.616. The third-order valence-corrected chi connectivity index (χ3v) is 6.54. The van der Waals surface area contributed by atoms with Gasteiger partial charge in [-0.1, -0.05) is 27.0 Å². The average molecular weight is 407 g/mol. The van der Waals surface area contributed by atoms with E-state index in [4.69, 9.17) is 0 Å². The minimum Gasteiger partial charge on any atom is -1.00 e. The fourth-order valence-electron chi connectivity index (χ4n) is 3.09. The van der Waals surface area contributed by atoms with Crippen LogP contribution in [0.1, 0.15) is 6.92 Å². The van der Waals surface area contributed by atoms with Crippen molar-refractivity contribution in [1.29, 1.82) is 0 Å². The maximum absolute atomic E-state index is 2.38. The van der Waals surface area contributed by atoms with Gasteiger partial charge in [0.2, 0.25) is 0 Å². The van der Waals surface area contributed by atoms with Crippen LogP contribution in [-0.2, 0) is 21.7 Å². The summed E-state index contributed by atoms with van der Waals surface area (Å²) in [6.45, 7) is 2.31. The molecular formula is C20H17Cl2PTi. The molecule has 120 valence electrons. The van der Waals surface area contributed by atoms with Crippen molar-refractivity contribution < 1.29 is 46.5 Å². The van der Waals surface area contributed by atoms with Crippen molar-refractivity contribution in [3.63, 3.8) is 0 Å². The zero-order valence-corrected chi connectivity index (χ0v) is 17.3. The Labute approximate surface area is 171 Å². The maximum Gasteiger partial charge on any atom is 4.00 e. The molecule has 24 heavy (non-hydrogen) atoms. The minimum atomic E-state index is -0.242. The van der Waals surface area contributed by atoms with Gasteiger partial charge >= 0.3 is 21.7 Å². The molecule has 0 spiro atoms. The summed E-state index contributed by atoms with van der Waals surface area (Å²) in [5.74, 6) is 0. The number of benzene rings is 2. The normalized spacial score (nSPS) is 10.2. The molecule has 0 unspecified atom stereocenters. The van der Waals surface area contributed by atoms with Gasteiger partial charge in [-0.05, 0) is 6.16 Å². The van der Waals surface area contributed by atoms with Crippen molar-refractivity contribution in [3.8, 4) is 0 Å². The van der Waals surface area contributed by atoms with Gasteiger partial charge in [0.15, 0.2) is 0 Å². The van der Waals surface area contributed by atoms with Crippen LogP contribution in [0, 0.1) is 0 Å². The largest absolute Gasteiger partial charge is 4.00 e. The van der Waals surface area contributed by atoms with Crippen LogP contribution in [0.15, 0.2) is 72.8 Å². The van der Waals surface area contributed by atoms with Crippen molar-refractivity contribution in [2.75, 3.05) is 6.16 Å². The Bertz CT molecular complexity index is 770. The topological polar surface area (TPSA) is 0 Å². The molecule has 4 rings (SSSR count). The minimum absolute atomic E-state index is 0. The van der Waals surface area contributed by atoms with Crippen molar-refractivity contribution in [2.24, 2.45) is 0 Å². The van der Waals surface area contributed by atoms with Crippen LogP contribution in [0.2, 0.25) is 0 Å². The standard InChI is InChI=1S/C20H17P.2ClH.Ti/c1-2-21(19-11-15-7-3-4-8-16(15)12-19)20-13-17-9-5-6-10-18(17)14-20;;;/h3-14H,2H2,1H3;2*1H;/q-2;;;+4/p-2. The van der Waals surface area contributed by atoms with Crippen molar-refractivity contribution in [1.82, 2.24) is 0 Å². The van der Waals surface area contributed by atoms with Crippen molar-refractivity contribution in [2.45, 2.75) is 6.92 Å². The molecule has 0 aliphatic carbocycles. The molecule has 4 aromatic rings. The molecular weight excluding hydrogens is 390 g/mol. The monoisotopic (exact) mass is 406 g/mol. The first-order chi connectivity index (χ1) is 10.3. The summed E-state index contributed by atoms with van der Waals surface area (Å²) in [6, 6.07) is 26.8. The van der Waals surface area contributed by atoms with Gasteiger partial charge in [0, 0.05) is 0 Å². The van der Waals surface area contributed by atoms with Gasteiger partial charge in [-0.15, -0.1) is 80.7 Å². The summed E-state index contributed by atoms with van der Waals surface area (Å²) in [6.07, 6.45) is 1.20. The van der Waals surface area contributed by atoms with Crippen molar-refractivity contribution >= 4 is 40.1 Å². The summed E-state index contributed by atoms with van der Waals surface area (Å²) in [5.41, 5.74) is 0. The van der Waals surface area contributed by atoms with Crippen LogP contribution < -0.4 is 35.4 Å². The molecule has 0 aliphatic rings. The van der Waals surface area contributed by atoms with E-state index in [1.54, 1.807) is 0 Å². The van der Waals surface area contributed by atoms with E-state index >= 15 is 0 Å². The van der Waals surface area contributed by atoms with Crippen LogP contribution in [0.4, 0.5) is 0 Å². The van der Waals surface area contributed by atoms with Crippen LogP contribution >= 0.6 is 7.92 Å². The van der Waals surface area contributed by atoms with E-state index in [-0.39, 0.29) is 54.5 Å². The van der Waals surface area contributed by atoms with Gasteiger partial charge in [0.25, 0.3) is 0 Å². The zero-order valence-electron chi connectivity index (χ0n) is 13.3. The van der Waals surface area contributed by atoms with Crippen LogP contribution in [0.3, 0.4) is 0 Å². The third kappa shape index (κ3) is 3.96. The van der Waals surface area contributed by atoms with Crippen LogP contribution in [0.25, 0.3) is 21.5 Å². The molecule has 0 saturated carbocycles. The van der Waals surface area contributed by atoms with Gasteiger partial charge in [0.05, 0.1) is 0 Å². The van der Waals surface area contributed by atoms with E-state index in [9.17, 15) is 0 Å². The van der Waals surface area contributed by atoms with E-state index in [0.717, 1.165) is 0 Å². The van der Waals surface area contributed by atoms with E-state index in [2.05, 4.69) is 79.7 Å². The van der Waals surface area contributed by atoms with Gasteiger partial charge in [0.1, 0.15) is 0 Å². The second-order valence-corrected chi connectivity index (χ2v) is 7.95. The molecule has 0 amide bonds. The maximum atomic E-state index is 2.38. The smallest absolute Gasteiger partial charge is 1.00 e. The number of hydrogen-bond acceptors (Lipinski definition) is 0. The average Bonchev–Trinajstić information content (AvgIpc) is 3.11. The summed E-state index contributed by atoms with van der Waals surface area (Å²) in [5, 5.41) is 8.47. The van der Waals surface area contributed by atoms with E-state index in [1.165, 1.54) is 38.3 Å². The molecule has 0 bridgehead atoms. The summed E-state index contributed by atoms with van der Waals surface area (Å²) >= 11 is 0. The predicted molar refractivity (Wildman–Crippen MR) is 95.8 cm³/mol. The molecule has 0 fully saturated rings. The Morgan fingerprint density at radius 1 is 0.750 bits per heavy atom. The third-order valence-electron chi connectivity index (χ3n) is 4.15. The Morgan fingerprint density at radius 2 is 1.17 bits per heavy atom. The molecule has 4 heteroatoms. The van der Waals surface area contributed by atoms with Gasteiger partial charge in [-0.3, -0.25) is 0 Å². The molecule has 4 aromatic carbocycles. The first-order valence-corrected chi connectivity index (χ1v) is 8.96. The second kappa shape index (κ2) is 9.18. The molecule has 0 aliphatic heterocycles. The first-order valence-electron chi connectivity index (χ1n) is 7.43. The fourth-order valence-corrected chi connectivity index (χ4v) is 5.30. The van der Waals surface area contributed by atoms with Crippen LogP contribution in [0.5, 0.6) is 0 Å². The Balaban J connectivity index is 0.000000960. The van der Waals surface area contributed by atoms with E-state index in [1.807, 2.05) is 0 Å². The molecule has 0 saturated heterocycles. The summed E-state index contributed by atoms with van der Waals surface area (Å²) in [4.78, 5) is 0. The second-order valence-electron chi connectivity index (χ2n) is 5.43. The van der Waals surface area contributed by atoms with Gasteiger partial charge in [-0.25, -0.2) is 0 Å².